The normalized spacial score (nSPS) is 11.2. The van der Waals surface area contributed by atoms with Crippen molar-refractivity contribution in [1.29, 1.82) is 0 Å². The molecule has 0 aliphatic rings. The highest BCUT2D eigenvalue weighted by Gasteiger charge is 2.07. The highest BCUT2D eigenvalue weighted by Crippen LogP contribution is 2.23. The van der Waals surface area contributed by atoms with Crippen LogP contribution in [-0.2, 0) is 17.8 Å². The fourth-order valence-electron chi connectivity index (χ4n) is 2.69. The average Bonchev–Trinajstić information content (AvgIpc) is 3.23. The molecule has 1 amide bonds. The first-order valence-corrected chi connectivity index (χ1v) is 9.87. The molecule has 1 N–H and O–H groups in total. The predicted octanol–water partition coefficient (Wildman–Crippen LogP) is 4.55. The number of hydrogen-bond donors (Lipinski definition) is 1. The molecule has 0 radical (unpaired) electrons. The molecule has 4 nitrogen and oxygen atoms in total. The first-order chi connectivity index (χ1) is 12.3. The van der Waals surface area contributed by atoms with Gasteiger partial charge in [0.1, 0.15) is 5.01 Å². The van der Waals surface area contributed by atoms with E-state index in [1.54, 1.807) is 22.7 Å². The summed E-state index contributed by atoms with van der Waals surface area (Å²) >= 11 is 3.34. The molecule has 2 heterocycles. The Balaban J connectivity index is 1.26. The highest BCUT2D eigenvalue weighted by molar-refractivity contribution is 7.18. The molecule has 0 spiro atoms. The number of rotatable bonds is 6. The van der Waals surface area contributed by atoms with E-state index < -0.39 is 0 Å². The van der Waals surface area contributed by atoms with Crippen molar-refractivity contribution in [2.75, 3.05) is 0 Å². The van der Waals surface area contributed by atoms with Gasteiger partial charge in [-0.2, -0.15) is 0 Å². The number of hydrogen-bond acceptors (Lipinski definition) is 5. The molecule has 0 atom stereocenters. The van der Waals surface area contributed by atoms with Crippen LogP contribution in [0.1, 0.15) is 22.9 Å². The average molecular weight is 367 g/mol. The Morgan fingerprint density at radius 3 is 2.16 bits per heavy atom. The second-order valence-electron chi connectivity index (χ2n) is 5.78. The molecule has 2 aromatic heterocycles. The van der Waals surface area contributed by atoms with Gasteiger partial charge in [0.15, 0.2) is 0 Å². The van der Waals surface area contributed by atoms with Crippen LogP contribution < -0.4 is 5.32 Å². The summed E-state index contributed by atoms with van der Waals surface area (Å²) in [7, 11) is 0. The Morgan fingerprint density at radius 2 is 1.48 bits per heavy atom. The van der Waals surface area contributed by atoms with Gasteiger partial charge in [-0.05, 0) is 37.1 Å². The Labute approximate surface area is 153 Å². The summed E-state index contributed by atoms with van der Waals surface area (Å²) in [6, 6.07) is 16.2. The number of nitrogens with zero attached hydrogens (tertiary/aromatic N) is 2. The number of para-hydroxylation sites is 2. The lowest BCUT2D eigenvalue weighted by Gasteiger charge is -2.02. The smallest absolute Gasteiger partial charge is 0.220 e. The van der Waals surface area contributed by atoms with Crippen molar-refractivity contribution in [2.24, 2.45) is 0 Å². The third-order valence-corrected chi connectivity index (χ3v) is 6.04. The maximum Gasteiger partial charge on any atom is 0.220 e. The van der Waals surface area contributed by atoms with Crippen LogP contribution in [0.3, 0.4) is 0 Å². The summed E-state index contributed by atoms with van der Waals surface area (Å²) in [5.41, 5.74) is 2.04. The van der Waals surface area contributed by atoms with Crippen molar-refractivity contribution < 1.29 is 4.79 Å². The lowest BCUT2D eigenvalue weighted by atomic mass is 10.2. The van der Waals surface area contributed by atoms with Gasteiger partial charge in [-0.15, -0.1) is 22.7 Å². The predicted molar refractivity (Wildman–Crippen MR) is 104 cm³/mol. The summed E-state index contributed by atoms with van der Waals surface area (Å²) in [5, 5.41) is 5.01. The van der Waals surface area contributed by atoms with Gasteiger partial charge in [-0.25, -0.2) is 9.97 Å². The van der Waals surface area contributed by atoms with E-state index in [4.69, 9.17) is 0 Å². The Morgan fingerprint density at radius 1 is 0.880 bits per heavy atom. The maximum atomic E-state index is 12.0. The third kappa shape index (κ3) is 3.86. The van der Waals surface area contributed by atoms with Crippen LogP contribution >= 0.6 is 22.7 Å². The molecule has 126 valence electrons. The van der Waals surface area contributed by atoms with Gasteiger partial charge in [0.25, 0.3) is 0 Å². The van der Waals surface area contributed by atoms with E-state index >= 15 is 0 Å². The SMILES string of the molecule is O=C(CCCc1nc2ccccc2s1)NCc1nc2ccccc2s1. The minimum atomic E-state index is 0.0698. The molecule has 0 saturated heterocycles. The quantitative estimate of drug-likeness (QED) is 0.544. The monoisotopic (exact) mass is 367 g/mol. The number of carbonyl (C=O) groups excluding carboxylic acids is 1. The number of aryl methyl sites for hydroxylation is 1. The zero-order chi connectivity index (χ0) is 17.1. The molecule has 4 rings (SSSR count). The van der Waals surface area contributed by atoms with Crippen molar-refractivity contribution in [2.45, 2.75) is 25.8 Å². The lowest BCUT2D eigenvalue weighted by Crippen LogP contribution is -2.22. The number of thiazole rings is 2. The molecule has 0 aliphatic heterocycles. The molecule has 25 heavy (non-hydrogen) atoms. The topological polar surface area (TPSA) is 54.9 Å². The Bertz CT molecular complexity index is 956. The molecule has 0 aliphatic carbocycles. The fourth-order valence-corrected chi connectivity index (χ4v) is 4.60. The third-order valence-electron chi connectivity index (χ3n) is 3.91. The van der Waals surface area contributed by atoms with Crippen LogP contribution in [0.25, 0.3) is 20.4 Å². The van der Waals surface area contributed by atoms with Crippen LogP contribution in [0, 0.1) is 0 Å². The zero-order valence-corrected chi connectivity index (χ0v) is 15.2. The zero-order valence-electron chi connectivity index (χ0n) is 13.6. The second-order valence-corrected chi connectivity index (χ2v) is 8.01. The van der Waals surface area contributed by atoms with E-state index in [0.29, 0.717) is 13.0 Å². The minimum absolute atomic E-state index is 0.0698. The van der Waals surface area contributed by atoms with Crippen LogP contribution in [0.2, 0.25) is 0 Å². The molecule has 2 aromatic carbocycles. The summed E-state index contributed by atoms with van der Waals surface area (Å²) in [6.07, 6.45) is 2.17. The van der Waals surface area contributed by atoms with E-state index in [0.717, 1.165) is 38.6 Å². The Kier molecular flexibility index (Phi) is 4.72. The van der Waals surface area contributed by atoms with Crippen molar-refractivity contribution in [1.82, 2.24) is 15.3 Å². The van der Waals surface area contributed by atoms with Gasteiger partial charge >= 0.3 is 0 Å². The molecule has 0 bridgehead atoms. The van der Waals surface area contributed by atoms with Gasteiger partial charge in [0.05, 0.1) is 32.0 Å². The van der Waals surface area contributed by atoms with Crippen LogP contribution in [0.4, 0.5) is 0 Å². The first-order valence-electron chi connectivity index (χ1n) is 8.23. The summed E-state index contributed by atoms with van der Waals surface area (Å²) in [6.45, 7) is 0.499. The summed E-state index contributed by atoms with van der Waals surface area (Å²) < 4.78 is 2.36. The Hall–Kier alpha value is -2.31. The van der Waals surface area contributed by atoms with Crippen LogP contribution in [0.5, 0.6) is 0 Å². The highest BCUT2D eigenvalue weighted by atomic mass is 32.1. The van der Waals surface area contributed by atoms with Crippen molar-refractivity contribution in [3.05, 3.63) is 58.5 Å². The van der Waals surface area contributed by atoms with Crippen LogP contribution in [0.15, 0.2) is 48.5 Å². The standard InChI is InChI=1S/C19H17N3OS2/c23-17(20-12-19-22-14-7-2-4-9-16(14)25-19)10-5-11-18-21-13-6-1-3-8-15(13)24-18/h1-4,6-9H,5,10-12H2,(H,20,23). The lowest BCUT2D eigenvalue weighted by molar-refractivity contribution is -0.121. The number of aromatic nitrogens is 2. The number of benzene rings is 2. The number of carbonyl (C=O) groups is 1. The summed E-state index contributed by atoms with van der Waals surface area (Å²) in [4.78, 5) is 21.2. The molecule has 0 fully saturated rings. The van der Waals surface area contributed by atoms with Gasteiger partial charge in [0, 0.05) is 6.42 Å². The van der Waals surface area contributed by atoms with E-state index in [9.17, 15) is 4.79 Å². The number of nitrogens with one attached hydrogen (secondary N) is 1. The molecular formula is C19H17N3OS2. The minimum Gasteiger partial charge on any atom is -0.350 e. The van der Waals surface area contributed by atoms with Gasteiger partial charge in [-0.1, -0.05) is 24.3 Å². The molecule has 4 aromatic rings. The molecule has 0 saturated carbocycles. The van der Waals surface area contributed by atoms with Gasteiger partial charge < -0.3 is 5.32 Å². The second kappa shape index (κ2) is 7.29. The van der Waals surface area contributed by atoms with Gasteiger partial charge in [-0.3, -0.25) is 4.79 Å². The van der Waals surface area contributed by atoms with E-state index in [1.165, 1.54) is 4.70 Å². The fraction of sp³-hybridized carbons (Fsp3) is 0.211. The summed E-state index contributed by atoms with van der Waals surface area (Å²) in [5.74, 6) is 0.0698. The van der Waals surface area contributed by atoms with Crippen LogP contribution in [-0.4, -0.2) is 15.9 Å². The molecule has 0 unspecified atom stereocenters. The van der Waals surface area contributed by atoms with E-state index in [-0.39, 0.29) is 5.91 Å². The van der Waals surface area contributed by atoms with Crippen molar-refractivity contribution >= 4 is 49.0 Å². The van der Waals surface area contributed by atoms with E-state index in [1.807, 2.05) is 36.4 Å². The van der Waals surface area contributed by atoms with Crippen molar-refractivity contribution in [3.8, 4) is 0 Å². The maximum absolute atomic E-state index is 12.0. The molecular weight excluding hydrogens is 350 g/mol. The number of amides is 1. The molecule has 6 heteroatoms. The first kappa shape index (κ1) is 16.2. The van der Waals surface area contributed by atoms with E-state index in [2.05, 4.69) is 27.4 Å². The van der Waals surface area contributed by atoms with Crippen molar-refractivity contribution in [3.63, 3.8) is 0 Å². The van der Waals surface area contributed by atoms with Gasteiger partial charge in [0.2, 0.25) is 5.91 Å². The number of fused-ring (bicyclic) bond motifs is 2. The largest absolute Gasteiger partial charge is 0.350 e.